The summed E-state index contributed by atoms with van der Waals surface area (Å²) in [4.78, 5) is 33.5. The predicted molar refractivity (Wildman–Crippen MR) is 96.3 cm³/mol. The molecule has 7 nitrogen and oxygen atoms in total. The molecule has 1 saturated heterocycles. The third-order valence-electron chi connectivity index (χ3n) is 4.52. The van der Waals surface area contributed by atoms with E-state index >= 15 is 0 Å². The van der Waals surface area contributed by atoms with Crippen LogP contribution >= 0.6 is 0 Å². The largest absolute Gasteiger partial charge is 0.480 e. The Labute approximate surface area is 152 Å². The van der Waals surface area contributed by atoms with Crippen molar-refractivity contribution in [2.24, 2.45) is 0 Å². The Morgan fingerprint density at radius 2 is 2.04 bits per heavy atom. The number of benzene rings is 1. The average Bonchev–Trinajstić information content (AvgIpc) is 2.55. The van der Waals surface area contributed by atoms with E-state index in [9.17, 15) is 9.59 Å². The number of likely N-dealkylation sites (tertiary alicyclic amines) is 1. The summed E-state index contributed by atoms with van der Waals surface area (Å²) in [7, 11) is 1.56. The summed E-state index contributed by atoms with van der Waals surface area (Å²) < 4.78 is 10.7. The normalized spacial score (nSPS) is 16.1. The van der Waals surface area contributed by atoms with Crippen LogP contribution in [-0.2, 0) is 14.9 Å². The summed E-state index contributed by atoms with van der Waals surface area (Å²) >= 11 is 0. The van der Waals surface area contributed by atoms with Gasteiger partial charge in [0.2, 0.25) is 5.88 Å². The molecule has 138 valence electrons. The van der Waals surface area contributed by atoms with Gasteiger partial charge in [-0.1, -0.05) is 6.07 Å². The van der Waals surface area contributed by atoms with Crippen molar-refractivity contribution in [3.8, 4) is 5.88 Å². The van der Waals surface area contributed by atoms with E-state index in [0.29, 0.717) is 25.4 Å². The summed E-state index contributed by atoms with van der Waals surface area (Å²) in [5.74, 6) is 0.487. The predicted octanol–water partition coefficient (Wildman–Crippen LogP) is 2.72. The summed E-state index contributed by atoms with van der Waals surface area (Å²) in [6.45, 7) is 6.36. The molecular weight excluding hydrogens is 334 g/mol. The van der Waals surface area contributed by atoms with E-state index in [0.717, 1.165) is 22.8 Å². The van der Waals surface area contributed by atoms with Gasteiger partial charge in [0.15, 0.2) is 0 Å². The molecule has 0 saturated carbocycles. The number of hydrogen-bond donors (Lipinski definition) is 0. The van der Waals surface area contributed by atoms with Gasteiger partial charge in [0.25, 0.3) is 0 Å². The number of carbonyl (C=O) groups is 2. The van der Waals surface area contributed by atoms with Crippen molar-refractivity contribution in [3.63, 3.8) is 0 Å². The first kappa shape index (κ1) is 18.1. The number of aldehydes is 1. The van der Waals surface area contributed by atoms with Crippen molar-refractivity contribution in [3.05, 3.63) is 30.1 Å². The molecule has 1 aliphatic heterocycles. The van der Waals surface area contributed by atoms with Crippen LogP contribution in [0.2, 0.25) is 0 Å². The maximum Gasteiger partial charge on any atom is 0.410 e. The zero-order valence-corrected chi connectivity index (χ0v) is 15.5. The van der Waals surface area contributed by atoms with Crippen LogP contribution in [-0.4, -0.2) is 53.0 Å². The topological polar surface area (TPSA) is 81.6 Å². The van der Waals surface area contributed by atoms with Gasteiger partial charge in [-0.05, 0) is 38.5 Å². The Balaban J connectivity index is 1.89. The third kappa shape index (κ3) is 3.34. The van der Waals surface area contributed by atoms with E-state index in [1.54, 1.807) is 12.0 Å². The monoisotopic (exact) mass is 357 g/mol. The van der Waals surface area contributed by atoms with Crippen LogP contribution in [0.4, 0.5) is 4.79 Å². The highest BCUT2D eigenvalue weighted by Crippen LogP contribution is 2.39. The highest BCUT2D eigenvalue weighted by atomic mass is 16.6. The van der Waals surface area contributed by atoms with E-state index in [4.69, 9.17) is 9.47 Å². The van der Waals surface area contributed by atoms with Gasteiger partial charge in [0, 0.05) is 24.9 Å². The average molecular weight is 357 g/mol. The number of aromatic nitrogens is 2. The van der Waals surface area contributed by atoms with E-state index < -0.39 is 11.0 Å². The first-order valence-electron chi connectivity index (χ1n) is 8.49. The van der Waals surface area contributed by atoms with Gasteiger partial charge >= 0.3 is 6.09 Å². The molecule has 2 heterocycles. The first-order valence-corrected chi connectivity index (χ1v) is 8.49. The maximum absolute atomic E-state index is 12.3. The molecule has 1 aromatic heterocycles. The molecule has 1 fully saturated rings. The Morgan fingerprint density at radius 1 is 1.31 bits per heavy atom. The minimum absolute atomic E-state index is 0.327. The maximum atomic E-state index is 12.3. The molecule has 0 spiro atoms. The van der Waals surface area contributed by atoms with Crippen molar-refractivity contribution >= 4 is 23.3 Å². The lowest BCUT2D eigenvalue weighted by Gasteiger charge is -2.49. The number of nitrogens with zero attached hydrogens (tertiary/aromatic N) is 3. The number of methoxy groups -OCH3 is 1. The quantitative estimate of drug-likeness (QED) is 0.783. The number of hydrogen-bond acceptors (Lipinski definition) is 6. The third-order valence-corrected chi connectivity index (χ3v) is 4.52. The van der Waals surface area contributed by atoms with E-state index in [2.05, 4.69) is 9.97 Å². The van der Waals surface area contributed by atoms with Gasteiger partial charge in [-0.15, -0.1) is 0 Å². The second-order valence-corrected chi connectivity index (χ2v) is 7.60. The van der Waals surface area contributed by atoms with E-state index in [1.807, 2.05) is 39.0 Å². The molecular formula is C19H23N3O4. The highest BCUT2D eigenvalue weighted by molar-refractivity contribution is 5.84. The number of ether oxygens (including phenoxy) is 2. The van der Waals surface area contributed by atoms with Crippen LogP contribution in [0.25, 0.3) is 10.9 Å². The summed E-state index contributed by atoms with van der Waals surface area (Å²) in [5.41, 5.74) is 0.761. The summed E-state index contributed by atoms with van der Waals surface area (Å²) in [5, 5.41) is 0.786. The summed E-state index contributed by atoms with van der Waals surface area (Å²) in [6.07, 6.45) is 2.32. The molecule has 7 heteroatoms. The molecule has 26 heavy (non-hydrogen) atoms. The zero-order valence-electron chi connectivity index (χ0n) is 15.5. The SMILES string of the molecule is COc1ncnc2ccc(C3(CC=O)CN(C(=O)OC(C)(C)C)C3)cc12. The second-order valence-electron chi connectivity index (χ2n) is 7.60. The van der Waals surface area contributed by atoms with Gasteiger partial charge in [0.05, 0.1) is 18.0 Å². The lowest BCUT2D eigenvalue weighted by atomic mass is 9.71. The number of rotatable bonds is 4. The fourth-order valence-corrected chi connectivity index (χ4v) is 3.25. The Morgan fingerprint density at radius 3 is 2.65 bits per heavy atom. The molecule has 0 N–H and O–H groups in total. The van der Waals surface area contributed by atoms with Gasteiger partial charge in [0.1, 0.15) is 18.2 Å². The minimum atomic E-state index is -0.548. The van der Waals surface area contributed by atoms with Crippen molar-refractivity contribution in [1.82, 2.24) is 14.9 Å². The zero-order chi connectivity index (χ0) is 18.9. The van der Waals surface area contributed by atoms with Crippen LogP contribution in [0.5, 0.6) is 5.88 Å². The standard InChI is InChI=1S/C19H23N3O4/c1-18(2,3)26-17(24)22-10-19(11-22,7-8-23)13-5-6-15-14(9-13)16(25-4)21-12-20-15/h5-6,8-9,12H,7,10-11H2,1-4H3. The number of fused-ring (bicyclic) bond motifs is 1. The van der Waals surface area contributed by atoms with Crippen LogP contribution in [0, 0.1) is 0 Å². The molecule has 3 rings (SSSR count). The molecule has 0 unspecified atom stereocenters. The second kappa shape index (κ2) is 6.55. The first-order chi connectivity index (χ1) is 12.3. The molecule has 0 aliphatic carbocycles. The fourth-order valence-electron chi connectivity index (χ4n) is 3.25. The number of amides is 1. The van der Waals surface area contributed by atoms with Gasteiger partial charge < -0.3 is 19.2 Å². The molecule has 1 aromatic carbocycles. The van der Waals surface area contributed by atoms with Crippen molar-refractivity contribution in [2.75, 3.05) is 20.2 Å². The lowest BCUT2D eigenvalue weighted by molar-refractivity contribution is -0.110. The lowest BCUT2D eigenvalue weighted by Crippen LogP contribution is -2.62. The summed E-state index contributed by atoms with van der Waals surface area (Å²) in [6, 6.07) is 5.78. The number of carbonyl (C=O) groups excluding carboxylic acids is 2. The van der Waals surface area contributed by atoms with Gasteiger partial charge in [-0.3, -0.25) is 0 Å². The Bertz CT molecular complexity index is 838. The molecule has 2 aromatic rings. The molecule has 1 amide bonds. The van der Waals surface area contributed by atoms with Crippen LogP contribution in [0.15, 0.2) is 24.5 Å². The van der Waals surface area contributed by atoms with Gasteiger partial charge in [-0.2, -0.15) is 0 Å². The molecule has 0 bridgehead atoms. The Hall–Kier alpha value is -2.70. The van der Waals surface area contributed by atoms with Crippen LogP contribution in [0.3, 0.4) is 0 Å². The van der Waals surface area contributed by atoms with E-state index in [-0.39, 0.29) is 6.09 Å². The van der Waals surface area contributed by atoms with Gasteiger partial charge in [-0.25, -0.2) is 14.8 Å². The van der Waals surface area contributed by atoms with Crippen molar-refractivity contribution < 1.29 is 19.1 Å². The molecule has 0 radical (unpaired) electrons. The van der Waals surface area contributed by atoms with Crippen molar-refractivity contribution in [1.29, 1.82) is 0 Å². The smallest absolute Gasteiger partial charge is 0.410 e. The fraction of sp³-hybridized carbons (Fsp3) is 0.474. The Kier molecular flexibility index (Phi) is 4.56. The highest BCUT2D eigenvalue weighted by Gasteiger charge is 2.47. The van der Waals surface area contributed by atoms with Crippen molar-refractivity contribution in [2.45, 2.75) is 38.2 Å². The van der Waals surface area contributed by atoms with E-state index in [1.165, 1.54) is 6.33 Å². The van der Waals surface area contributed by atoms with Crippen LogP contribution < -0.4 is 4.74 Å². The molecule has 0 atom stereocenters. The minimum Gasteiger partial charge on any atom is -0.480 e. The van der Waals surface area contributed by atoms with Crippen LogP contribution in [0.1, 0.15) is 32.8 Å². The molecule has 1 aliphatic rings.